The smallest absolute Gasteiger partial charge is 0.0542 e. The van der Waals surface area contributed by atoms with Gasteiger partial charge >= 0.3 is 46.7 Å². The molecule has 3 unspecified atom stereocenters. The van der Waals surface area contributed by atoms with E-state index in [1.165, 1.54) is 17.3 Å². The predicted octanol–water partition coefficient (Wildman–Crippen LogP) is -0.563. The summed E-state index contributed by atoms with van der Waals surface area (Å²) in [6, 6.07) is 0. The van der Waals surface area contributed by atoms with Crippen LogP contribution in [0.1, 0.15) is 39.0 Å². The first-order valence-electron chi connectivity index (χ1n) is 8.60. The minimum atomic E-state index is -1.12. The molecule has 0 rings (SSSR count). The Balaban J connectivity index is -0.000000146. The third-order valence-corrected chi connectivity index (χ3v) is 5.74. The number of unbranched alkanes of at least 4 members (excludes halogenated alkanes) is 1. The van der Waals surface area contributed by atoms with Crippen molar-refractivity contribution in [3.63, 3.8) is 0 Å². The van der Waals surface area contributed by atoms with Crippen LogP contribution >= 0.6 is 75.8 Å². The van der Waals surface area contributed by atoms with Crippen molar-refractivity contribution in [1.82, 2.24) is 0 Å². The maximum Gasteiger partial charge on any atom is 0.0542 e. The largest absolute Gasteiger partial charge is 0.549 e. The van der Waals surface area contributed by atoms with E-state index >= 15 is 0 Å². The van der Waals surface area contributed by atoms with E-state index in [1.807, 2.05) is 0 Å². The number of hydrogen-bond acceptors (Lipinski definition) is 12. The molecule has 170 valence electrons. The second-order valence-corrected chi connectivity index (χ2v) is 9.78. The molecule has 0 aliphatic carbocycles. The standard InChI is InChI=1S/3C4H8O2S2.C4H9.Sn/c3*5-4(6)3(8)1-2-7;1-3-4-2;/h3*3,7-8H,1-2H2,(H,5,6);1,3-4H2,2H3;/q;;;;+3/p-3. The summed E-state index contributed by atoms with van der Waals surface area (Å²) in [6.07, 6.45) is 4.15. The number of carbonyl (C=O) groups excluding carboxylic acids is 3. The Morgan fingerprint density at radius 1 is 0.724 bits per heavy atom. The van der Waals surface area contributed by atoms with Gasteiger partial charge in [-0.3, -0.25) is 0 Å². The fourth-order valence-electron chi connectivity index (χ4n) is 0.897. The van der Waals surface area contributed by atoms with E-state index in [0.717, 1.165) is 0 Å². The Kier molecular flexibility index (Phi) is 38.0. The van der Waals surface area contributed by atoms with E-state index in [4.69, 9.17) is 0 Å². The Hall–Kier alpha value is 1.31. The van der Waals surface area contributed by atoms with Crippen LogP contribution in [0.5, 0.6) is 0 Å². The van der Waals surface area contributed by atoms with Gasteiger partial charge in [0.1, 0.15) is 0 Å². The van der Waals surface area contributed by atoms with Gasteiger partial charge in [0.25, 0.3) is 0 Å². The summed E-state index contributed by atoms with van der Waals surface area (Å²) in [5.74, 6) is -1.78. The van der Waals surface area contributed by atoms with Crippen molar-refractivity contribution < 1.29 is 29.7 Å². The van der Waals surface area contributed by atoms with Gasteiger partial charge in [0.05, 0.1) is 17.9 Å². The molecule has 0 amide bonds. The molecule has 0 N–H and O–H groups in total. The monoisotopic (exact) mass is 630 g/mol. The summed E-state index contributed by atoms with van der Waals surface area (Å²) in [4.78, 5) is 29.6. The molecule has 0 radical (unpaired) electrons. The van der Waals surface area contributed by atoms with Gasteiger partial charge in [-0.2, -0.15) is 75.8 Å². The fourth-order valence-corrected chi connectivity index (χ4v) is 3.68. The van der Waals surface area contributed by atoms with E-state index in [0.29, 0.717) is 36.5 Å². The van der Waals surface area contributed by atoms with Crippen LogP contribution in [0, 0.1) is 0 Å². The van der Waals surface area contributed by atoms with Crippen LogP contribution in [0.3, 0.4) is 0 Å². The molecule has 0 bridgehead atoms. The van der Waals surface area contributed by atoms with Gasteiger partial charge in [0.15, 0.2) is 0 Å². The average Bonchev–Trinajstić information content (AvgIpc) is 2.64. The quantitative estimate of drug-likeness (QED) is 0.135. The SMILES string of the molecule is CCC[CH2][Sn+3].O=C([O-])C(S)CCS.O=C([O-])C(S)CCS.O=C([O-])C(S)CCS. The van der Waals surface area contributed by atoms with Crippen LogP contribution < -0.4 is 15.3 Å². The molecule has 0 aromatic carbocycles. The normalized spacial score (nSPS) is 12.4. The van der Waals surface area contributed by atoms with Crippen LogP contribution in [-0.2, 0) is 14.4 Å². The van der Waals surface area contributed by atoms with E-state index < -0.39 is 33.7 Å². The maximum absolute atomic E-state index is 9.87. The number of aliphatic carboxylic acids is 3. The van der Waals surface area contributed by atoms with Gasteiger partial charge in [-0.1, -0.05) is 0 Å². The van der Waals surface area contributed by atoms with Gasteiger partial charge in [-0.15, -0.1) is 0 Å². The molecule has 0 aromatic rings. The van der Waals surface area contributed by atoms with Crippen molar-refractivity contribution in [1.29, 1.82) is 0 Å². The molecule has 0 aromatic heterocycles. The minimum absolute atomic E-state index is 0.453. The Morgan fingerprint density at radius 2 is 0.966 bits per heavy atom. The Bertz CT molecular complexity index is 352. The zero-order valence-corrected chi connectivity index (χ0v) is 24.4. The number of carboxylic acid groups (broad SMARTS) is 3. The fraction of sp³-hybridized carbons (Fsp3) is 0.812. The number of carbonyl (C=O) groups is 3. The summed E-state index contributed by atoms with van der Waals surface area (Å²) >= 11 is 24.2. The van der Waals surface area contributed by atoms with Gasteiger partial charge in [0.2, 0.25) is 0 Å². The summed E-state index contributed by atoms with van der Waals surface area (Å²) in [5, 5.41) is 27.6. The van der Waals surface area contributed by atoms with Crippen molar-refractivity contribution in [3.8, 4) is 0 Å². The van der Waals surface area contributed by atoms with Crippen molar-refractivity contribution >= 4 is 116 Å². The van der Waals surface area contributed by atoms with Crippen molar-refractivity contribution in [2.75, 3.05) is 17.3 Å². The van der Waals surface area contributed by atoms with E-state index in [2.05, 4.69) is 82.7 Å². The zero-order valence-electron chi connectivity index (χ0n) is 16.2. The number of carboxylic acids is 3. The topological polar surface area (TPSA) is 120 Å². The molecule has 6 nitrogen and oxygen atoms in total. The van der Waals surface area contributed by atoms with E-state index in [1.54, 1.807) is 22.5 Å². The number of rotatable bonds is 11. The minimum Gasteiger partial charge on any atom is -0.549 e. The first-order valence-corrected chi connectivity index (χ1v) is 14.1. The van der Waals surface area contributed by atoms with E-state index in [-0.39, 0.29) is 0 Å². The maximum atomic E-state index is 9.87. The summed E-state index contributed by atoms with van der Waals surface area (Å²) < 4.78 is 1.43. The van der Waals surface area contributed by atoms with Gasteiger partial charge < -0.3 is 29.7 Å². The third-order valence-electron chi connectivity index (χ3n) is 2.55. The first kappa shape index (κ1) is 37.6. The molecule has 0 aliphatic heterocycles. The van der Waals surface area contributed by atoms with Crippen molar-refractivity contribution in [3.05, 3.63) is 0 Å². The molecule has 3 atom stereocenters. The van der Waals surface area contributed by atoms with Crippen LogP contribution in [-0.4, -0.2) is 73.4 Å². The van der Waals surface area contributed by atoms with E-state index in [9.17, 15) is 29.7 Å². The number of thiol groups is 6. The molecular weight excluding hydrogens is 599 g/mol. The summed E-state index contributed by atoms with van der Waals surface area (Å²) in [6.45, 7) is 2.23. The summed E-state index contributed by atoms with van der Waals surface area (Å²) in [7, 11) is 0. The number of hydrogen-bond donors (Lipinski definition) is 6. The molecule has 0 fully saturated rings. The van der Waals surface area contributed by atoms with Gasteiger partial charge in [0, 0.05) is 15.7 Å². The predicted molar refractivity (Wildman–Crippen MR) is 134 cm³/mol. The molecule has 0 aliphatic rings. The Labute approximate surface area is 220 Å². The van der Waals surface area contributed by atoms with Gasteiger partial charge in [-0.05, 0) is 36.5 Å². The zero-order chi connectivity index (χ0) is 23.8. The Morgan fingerprint density at radius 3 is 1.00 bits per heavy atom. The molecular formula is C16H30O6S6Sn. The van der Waals surface area contributed by atoms with Crippen LogP contribution in [0.4, 0.5) is 0 Å². The summed E-state index contributed by atoms with van der Waals surface area (Å²) in [5.41, 5.74) is 0. The average molecular weight is 630 g/mol. The van der Waals surface area contributed by atoms with Crippen LogP contribution in [0.25, 0.3) is 0 Å². The van der Waals surface area contributed by atoms with Crippen molar-refractivity contribution in [2.45, 2.75) is 59.2 Å². The molecule has 0 heterocycles. The molecule has 29 heavy (non-hydrogen) atoms. The molecule has 13 heteroatoms. The second-order valence-electron chi connectivity index (χ2n) is 5.14. The van der Waals surface area contributed by atoms with Crippen LogP contribution in [0.15, 0.2) is 0 Å². The molecule has 0 saturated heterocycles. The second kappa shape index (κ2) is 29.3. The molecule has 0 saturated carbocycles. The van der Waals surface area contributed by atoms with Crippen molar-refractivity contribution in [2.24, 2.45) is 0 Å². The third kappa shape index (κ3) is 37.0. The molecule has 0 spiro atoms. The van der Waals surface area contributed by atoms with Crippen LogP contribution in [0.2, 0.25) is 4.44 Å². The van der Waals surface area contributed by atoms with Gasteiger partial charge in [-0.25, -0.2) is 0 Å². The first-order chi connectivity index (χ1) is 13.5.